The number of rotatable bonds is 4. The molecule has 2 heterocycles. The molecule has 0 saturated heterocycles. The van der Waals surface area contributed by atoms with E-state index in [2.05, 4.69) is 25.5 Å². The molecule has 10 nitrogen and oxygen atoms in total. The van der Waals surface area contributed by atoms with Crippen LogP contribution in [0.5, 0.6) is 0 Å². The van der Waals surface area contributed by atoms with Gasteiger partial charge in [0.15, 0.2) is 5.03 Å². The van der Waals surface area contributed by atoms with Gasteiger partial charge in [-0.3, -0.25) is 10.1 Å². The molecule has 110 valence electrons. The predicted octanol–water partition coefficient (Wildman–Crippen LogP) is 1.09. The van der Waals surface area contributed by atoms with Crippen molar-refractivity contribution < 1.29 is 4.92 Å². The molecule has 0 atom stereocenters. The Labute approximate surface area is 127 Å². The lowest BCUT2D eigenvalue weighted by Crippen LogP contribution is -2.03. The van der Waals surface area contributed by atoms with Crippen LogP contribution in [0.15, 0.2) is 46.8 Å². The summed E-state index contributed by atoms with van der Waals surface area (Å²) in [5, 5.41) is 22.8. The fourth-order valence-corrected chi connectivity index (χ4v) is 2.54. The van der Waals surface area contributed by atoms with Crippen LogP contribution in [0.4, 0.5) is 11.5 Å². The second kappa shape index (κ2) is 5.73. The molecule has 2 aromatic heterocycles. The lowest BCUT2D eigenvalue weighted by Gasteiger charge is -2.04. The first-order chi connectivity index (χ1) is 10.7. The highest BCUT2D eigenvalue weighted by Crippen LogP contribution is 2.34. The Balaban J connectivity index is 2.01. The summed E-state index contributed by atoms with van der Waals surface area (Å²) in [4.78, 5) is 18.0. The molecule has 0 fully saturated rings. The Morgan fingerprint density at radius 1 is 1.23 bits per heavy atom. The summed E-state index contributed by atoms with van der Waals surface area (Å²) in [6.45, 7) is 0. The van der Waals surface area contributed by atoms with E-state index in [0.29, 0.717) is 5.16 Å². The van der Waals surface area contributed by atoms with Gasteiger partial charge in [0, 0.05) is 0 Å². The number of tetrazole rings is 1. The number of benzene rings is 1. The van der Waals surface area contributed by atoms with Gasteiger partial charge in [-0.1, -0.05) is 18.2 Å². The van der Waals surface area contributed by atoms with Gasteiger partial charge < -0.3 is 5.73 Å². The molecule has 0 aliphatic carbocycles. The topological polar surface area (TPSA) is 139 Å². The lowest BCUT2D eigenvalue weighted by atomic mass is 10.3. The molecule has 22 heavy (non-hydrogen) atoms. The summed E-state index contributed by atoms with van der Waals surface area (Å²) in [5.74, 6) is -0.207. The number of hydrogen-bond donors (Lipinski definition) is 1. The van der Waals surface area contributed by atoms with E-state index in [1.54, 1.807) is 0 Å². The van der Waals surface area contributed by atoms with Gasteiger partial charge in [-0.05, 0) is 34.3 Å². The second-order valence-electron chi connectivity index (χ2n) is 3.98. The summed E-state index contributed by atoms with van der Waals surface area (Å²) in [6, 6.07) is 9.14. The third-order valence-corrected chi connectivity index (χ3v) is 3.56. The maximum Gasteiger partial charge on any atom is 0.343 e. The number of para-hydroxylation sites is 1. The highest BCUT2D eigenvalue weighted by molar-refractivity contribution is 7.99. The molecule has 11 heteroatoms. The fraction of sp³-hybridized carbons (Fsp3) is 0. The zero-order valence-corrected chi connectivity index (χ0v) is 11.7. The van der Waals surface area contributed by atoms with Crippen molar-refractivity contribution in [2.24, 2.45) is 0 Å². The van der Waals surface area contributed by atoms with E-state index >= 15 is 0 Å². The Kier molecular flexibility index (Phi) is 3.62. The number of aromatic nitrogens is 6. The molecular weight excluding hydrogens is 308 g/mol. The summed E-state index contributed by atoms with van der Waals surface area (Å²) >= 11 is 0.939. The van der Waals surface area contributed by atoms with Crippen LogP contribution in [-0.2, 0) is 0 Å². The highest BCUT2D eigenvalue weighted by atomic mass is 32.2. The van der Waals surface area contributed by atoms with Crippen LogP contribution in [0.2, 0.25) is 0 Å². The van der Waals surface area contributed by atoms with E-state index in [-0.39, 0.29) is 16.5 Å². The van der Waals surface area contributed by atoms with Gasteiger partial charge >= 0.3 is 5.69 Å². The Morgan fingerprint density at radius 2 is 2.00 bits per heavy atom. The zero-order valence-electron chi connectivity index (χ0n) is 10.9. The van der Waals surface area contributed by atoms with Crippen molar-refractivity contribution in [1.82, 2.24) is 30.2 Å². The van der Waals surface area contributed by atoms with Crippen LogP contribution in [0.1, 0.15) is 0 Å². The molecule has 0 bridgehead atoms. The lowest BCUT2D eigenvalue weighted by molar-refractivity contribution is -0.387. The molecule has 3 rings (SSSR count). The molecule has 0 aliphatic heterocycles. The molecule has 2 N–H and O–H groups in total. The Hall–Kier alpha value is -3.08. The van der Waals surface area contributed by atoms with Crippen molar-refractivity contribution in [3.8, 4) is 5.69 Å². The smallest absolute Gasteiger partial charge is 0.343 e. The van der Waals surface area contributed by atoms with Crippen molar-refractivity contribution in [3.05, 3.63) is 46.8 Å². The molecule has 1 aromatic carbocycles. The number of anilines is 1. The first-order valence-electron chi connectivity index (χ1n) is 5.93. The van der Waals surface area contributed by atoms with Crippen LogP contribution < -0.4 is 5.73 Å². The Morgan fingerprint density at radius 3 is 2.73 bits per heavy atom. The van der Waals surface area contributed by atoms with E-state index in [0.717, 1.165) is 23.8 Å². The van der Waals surface area contributed by atoms with Gasteiger partial charge in [-0.25, -0.2) is 9.97 Å². The maximum atomic E-state index is 11.1. The highest BCUT2D eigenvalue weighted by Gasteiger charge is 2.24. The minimum atomic E-state index is -0.631. The van der Waals surface area contributed by atoms with Crippen molar-refractivity contribution >= 4 is 23.3 Å². The van der Waals surface area contributed by atoms with Crippen LogP contribution in [0.25, 0.3) is 5.69 Å². The number of nitrogens with two attached hydrogens (primary N) is 1. The summed E-state index contributed by atoms with van der Waals surface area (Å²) in [5.41, 5.74) is 5.89. The minimum absolute atomic E-state index is 0.0736. The van der Waals surface area contributed by atoms with Gasteiger partial charge in [-0.15, -0.1) is 5.10 Å². The fourth-order valence-electron chi connectivity index (χ4n) is 1.68. The standard InChI is InChI=1S/C11H8N8O2S/c12-9-8(19(20)21)10(14-6-13-9)22-11-15-16-17-18(11)7-4-2-1-3-5-7/h1-6H,(H2,12,13,14). The molecule has 0 spiro atoms. The van der Waals surface area contributed by atoms with Crippen molar-refractivity contribution in [1.29, 1.82) is 0 Å². The van der Waals surface area contributed by atoms with E-state index in [4.69, 9.17) is 5.73 Å². The van der Waals surface area contributed by atoms with E-state index in [1.165, 1.54) is 4.68 Å². The predicted molar refractivity (Wildman–Crippen MR) is 76.4 cm³/mol. The van der Waals surface area contributed by atoms with E-state index in [1.807, 2.05) is 30.3 Å². The molecular formula is C11H8N8O2S. The zero-order chi connectivity index (χ0) is 15.5. The van der Waals surface area contributed by atoms with Gasteiger partial charge in [0.1, 0.15) is 6.33 Å². The molecule has 0 saturated carbocycles. The monoisotopic (exact) mass is 316 g/mol. The Bertz CT molecular complexity index is 822. The normalized spacial score (nSPS) is 10.5. The molecule has 0 radical (unpaired) electrons. The minimum Gasteiger partial charge on any atom is -0.378 e. The van der Waals surface area contributed by atoms with E-state index < -0.39 is 4.92 Å². The van der Waals surface area contributed by atoms with Gasteiger partial charge in [0.05, 0.1) is 10.6 Å². The second-order valence-corrected chi connectivity index (χ2v) is 4.94. The maximum absolute atomic E-state index is 11.1. The van der Waals surface area contributed by atoms with Crippen molar-refractivity contribution in [2.45, 2.75) is 10.2 Å². The van der Waals surface area contributed by atoms with Gasteiger partial charge in [0.2, 0.25) is 11.0 Å². The number of nitro groups is 1. The number of nitrogens with zero attached hydrogens (tertiary/aromatic N) is 7. The van der Waals surface area contributed by atoms with Crippen LogP contribution in [0, 0.1) is 10.1 Å². The summed E-state index contributed by atoms with van der Waals surface area (Å²) in [7, 11) is 0. The molecule has 0 amide bonds. The van der Waals surface area contributed by atoms with Crippen LogP contribution >= 0.6 is 11.8 Å². The first-order valence-corrected chi connectivity index (χ1v) is 6.75. The molecule has 0 aliphatic rings. The van der Waals surface area contributed by atoms with Crippen molar-refractivity contribution in [2.75, 3.05) is 5.73 Å². The van der Waals surface area contributed by atoms with Gasteiger partial charge in [-0.2, -0.15) is 4.68 Å². The quantitative estimate of drug-likeness (QED) is 0.425. The molecule has 3 aromatic rings. The summed E-state index contributed by atoms with van der Waals surface area (Å²) in [6.07, 6.45) is 1.15. The number of nitrogen functional groups attached to an aromatic ring is 1. The largest absolute Gasteiger partial charge is 0.378 e. The summed E-state index contributed by atoms with van der Waals surface area (Å²) < 4.78 is 1.45. The molecule has 0 unspecified atom stereocenters. The van der Waals surface area contributed by atoms with Crippen molar-refractivity contribution in [3.63, 3.8) is 0 Å². The SMILES string of the molecule is Nc1ncnc(Sc2nnnn2-c2ccccc2)c1[N+](=O)[O-]. The average molecular weight is 316 g/mol. The van der Waals surface area contributed by atoms with Gasteiger partial charge in [0.25, 0.3) is 0 Å². The van der Waals surface area contributed by atoms with Crippen LogP contribution in [0.3, 0.4) is 0 Å². The average Bonchev–Trinajstić information content (AvgIpc) is 2.96. The third kappa shape index (κ3) is 2.56. The number of hydrogen-bond acceptors (Lipinski definition) is 9. The third-order valence-electron chi connectivity index (χ3n) is 2.63. The van der Waals surface area contributed by atoms with E-state index in [9.17, 15) is 10.1 Å². The van der Waals surface area contributed by atoms with Crippen LogP contribution in [-0.4, -0.2) is 35.1 Å². The first kappa shape index (κ1) is 13.9.